The molecular formula is C38H36N6O4. The van der Waals surface area contributed by atoms with E-state index in [1.54, 1.807) is 84.9 Å². The number of aryl methyl sites for hydroxylation is 2. The number of rotatable bonds is 10. The molecule has 0 aliphatic heterocycles. The summed E-state index contributed by atoms with van der Waals surface area (Å²) in [4.78, 5) is 59.7. The van der Waals surface area contributed by atoms with Gasteiger partial charge in [-0.25, -0.2) is 0 Å². The van der Waals surface area contributed by atoms with Gasteiger partial charge in [0.25, 0.3) is 23.6 Å². The van der Waals surface area contributed by atoms with Crippen molar-refractivity contribution >= 4 is 35.0 Å². The third kappa shape index (κ3) is 8.55. The number of nitrogens with zero attached hydrogens (tertiary/aromatic N) is 4. The van der Waals surface area contributed by atoms with E-state index >= 15 is 0 Å². The molecule has 10 nitrogen and oxygen atoms in total. The number of hydrogen-bond acceptors (Lipinski definition) is 4. The molecule has 0 radical (unpaired) electrons. The second kappa shape index (κ2) is 15.9. The van der Waals surface area contributed by atoms with Crippen molar-refractivity contribution in [3.8, 4) is 0 Å². The summed E-state index contributed by atoms with van der Waals surface area (Å²) in [5.41, 5.74) is 3.71. The smallest absolute Gasteiger partial charge is 0.278 e. The van der Waals surface area contributed by atoms with Gasteiger partial charge in [-0.1, -0.05) is 26.0 Å². The van der Waals surface area contributed by atoms with Crippen molar-refractivity contribution in [2.45, 2.75) is 39.8 Å². The maximum Gasteiger partial charge on any atom is 0.278 e. The zero-order chi connectivity index (χ0) is 33.9. The first kappa shape index (κ1) is 33.2. The summed E-state index contributed by atoms with van der Waals surface area (Å²) in [6.45, 7) is 5.63. The number of carbonyl (C=O) groups is 4. The van der Waals surface area contributed by atoms with Crippen LogP contribution in [0.4, 0.5) is 11.4 Å². The van der Waals surface area contributed by atoms with Gasteiger partial charge in [-0.15, -0.1) is 0 Å². The Hall–Kier alpha value is -6.16. The maximum atomic E-state index is 12.9. The van der Waals surface area contributed by atoms with Gasteiger partial charge in [0.2, 0.25) is 0 Å². The summed E-state index contributed by atoms with van der Waals surface area (Å²) < 4.78 is 3.85. The minimum atomic E-state index is -0.374. The van der Waals surface area contributed by atoms with Crippen LogP contribution in [0.5, 0.6) is 0 Å². The van der Waals surface area contributed by atoms with E-state index in [9.17, 15) is 19.2 Å². The number of nitrogens with one attached hydrogen (secondary N) is 2. The maximum absolute atomic E-state index is 12.9. The molecule has 5 aromatic rings. The lowest BCUT2D eigenvalue weighted by Crippen LogP contribution is -2.21. The van der Waals surface area contributed by atoms with Crippen molar-refractivity contribution in [2.24, 2.45) is 9.98 Å². The molecule has 0 atom stereocenters. The number of anilines is 2. The summed E-state index contributed by atoms with van der Waals surface area (Å²) in [6.07, 6.45) is 5.62. The molecule has 4 amide bonds. The highest BCUT2D eigenvalue weighted by molar-refractivity contribution is 6.07. The van der Waals surface area contributed by atoms with Crippen LogP contribution >= 0.6 is 0 Å². The Labute approximate surface area is 278 Å². The summed E-state index contributed by atoms with van der Waals surface area (Å²) in [6, 6.07) is 30.3. The third-order valence-corrected chi connectivity index (χ3v) is 7.38. The van der Waals surface area contributed by atoms with Gasteiger partial charge in [-0.3, -0.25) is 19.2 Å². The predicted octanol–water partition coefficient (Wildman–Crippen LogP) is 6.10. The van der Waals surface area contributed by atoms with Gasteiger partial charge in [-0.05, 0) is 110 Å². The number of pyridine rings is 2. The molecule has 0 saturated carbocycles. The molecule has 2 aromatic heterocycles. The highest BCUT2D eigenvalue weighted by Gasteiger charge is 2.12. The topological polar surface area (TPSA) is 127 Å². The van der Waals surface area contributed by atoms with Crippen molar-refractivity contribution in [3.05, 3.63) is 155 Å². The van der Waals surface area contributed by atoms with Crippen LogP contribution in [0.3, 0.4) is 0 Å². The molecule has 0 fully saturated rings. The zero-order valence-electron chi connectivity index (χ0n) is 26.8. The molecular weight excluding hydrogens is 604 g/mol. The molecule has 2 heterocycles. The minimum absolute atomic E-state index is 0.358. The molecule has 10 heteroatoms. The number of carbonyl (C=O) groups excluding carboxylic acids is 4. The molecule has 0 spiro atoms. The molecule has 0 bridgehead atoms. The van der Waals surface area contributed by atoms with Crippen LogP contribution < -0.4 is 21.6 Å². The average molecular weight is 641 g/mol. The van der Waals surface area contributed by atoms with E-state index in [0.717, 1.165) is 25.9 Å². The first-order valence-electron chi connectivity index (χ1n) is 15.8. The molecule has 0 aliphatic carbocycles. The Balaban J connectivity index is 1.17. The minimum Gasteiger partial charge on any atom is -0.333 e. The van der Waals surface area contributed by atoms with Crippen LogP contribution in [-0.4, -0.2) is 32.8 Å². The van der Waals surface area contributed by atoms with Crippen molar-refractivity contribution in [2.75, 3.05) is 10.6 Å². The Morgan fingerprint density at radius 1 is 0.500 bits per heavy atom. The van der Waals surface area contributed by atoms with Gasteiger partial charge in [0.15, 0.2) is 0 Å². The second-order valence-electron chi connectivity index (χ2n) is 11.0. The van der Waals surface area contributed by atoms with E-state index < -0.39 is 0 Å². The van der Waals surface area contributed by atoms with Gasteiger partial charge < -0.3 is 19.8 Å². The SMILES string of the molecule is CCCn1ccccc1=NC(=O)c1ccc(NC(=O)c2ccc(C(=O)Nc3ccc(C(=O)N=c4ccccn4CCC)cc3)cc2)cc1. The van der Waals surface area contributed by atoms with Gasteiger partial charge in [0, 0.05) is 59.1 Å². The van der Waals surface area contributed by atoms with Crippen molar-refractivity contribution in [1.82, 2.24) is 9.13 Å². The third-order valence-electron chi connectivity index (χ3n) is 7.38. The average Bonchev–Trinajstić information content (AvgIpc) is 3.11. The summed E-state index contributed by atoms with van der Waals surface area (Å²) in [5.74, 6) is -1.48. The molecule has 0 saturated heterocycles. The van der Waals surface area contributed by atoms with E-state index in [2.05, 4.69) is 34.5 Å². The van der Waals surface area contributed by atoms with Gasteiger partial charge in [0.05, 0.1) is 0 Å². The van der Waals surface area contributed by atoms with Gasteiger partial charge in [0.1, 0.15) is 11.0 Å². The second-order valence-corrected chi connectivity index (χ2v) is 11.0. The van der Waals surface area contributed by atoms with E-state index in [0.29, 0.717) is 44.6 Å². The van der Waals surface area contributed by atoms with E-state index in [1.807, 2.05) is 45.8 Å². The quantitative estimate of drug-likeness (QED) is 0.191. The fraction of sp³-hybridized carbons (Fsp3) is 0.158. The van der Waals surface area contributed by atoms with E-state index in [-0.39, 0.29) is 23.6 Å². The Kier molecular flexibility index (Phi) is 11.0. The Bertz CT molecular complexity index is 1910. The van der Waals surface area contributed by atoms with Crippen molar-refractivity contribution < 1.29 is 19.2 Å². The van der Waals surface area contributed by atoms with E-state index in [4.69, 9.17) is 0 Å². The largest absolute Gasteiger partial charge is 0.333 e. The Morgan fingerprint density at radius 2 is 0.854 bits per heavy atom. The fourth-order valence-corrected chi connectivity index (χ4v) is 4.91. The lowest BCUT2D eigenvalue weighted by molar-refractivity contribution is 0.0988. The molecule has 242 valence electrons. The van der Waals surface area contributed by atoms with Gasteiger partial charge >= 0.3 is 0 Å². The normalized spacial score (nSPS) is 11.6. The number of aromatic nitrogens is 2. The molecule has 48 heavy (non-hydrogen) atoms. The van der Waals surface area contributed by atoms with Gasteiger partial charge in [-0.2, -0.15) is 9.98 Å². The number of hydrogen-bond donors (Lipinski definition) is 2. The molecule has 5 rings (SSSR count). The van der Waals surface area contributed by atoms with Crippen LogP contribution in [0.15, 0.2) is 132 Å². The standard InChI is InChI=1S/C38H36N6O4/c1-3-23-43-25-7-5-9-33(43)41-37(47)29-15-19-31(20-16-29)39-35(45)27-11-13-28(14-12-27)36(46)40-32-21-17-30(18-22-32)38(48)42-34-10-6-8-26-44(34)24-4-2/h5-22,25-26H,3-4,23-24H2,1-2H3,(H,39,45)(H,40,46). The van der Waals surface area contributed by atoms with Crippen molar-refractivity contribution in [1.29, 1.82) is 0 Å². The van der Waals surface area contributed by atoms with E-state index in [1.165, 1.54) is 0 Å². The zero-order valence-corrected chi connectivity index (χ0v) is 26.8. The predicted molar refractivity (Wildman–Crippen MR) is 184 cm³/mol. The number of amides is 4. The Morgan fingerprint density at radius 3 is 1.21 bits per heavy atom. The lowest BCUT2D eigenvalue weighted by atomic mass is 10.1. The summed E-state index contributed by atoms with van der Waals surface area (Å²) in [5, 5.41) is 5.61. The lowest BCUT2D eigenvalue weighted by Gasteiger charge is -2.08. The molecule has 0 aliphatic rings. The summed E-state index contributed by atoms with van der Waals surface area (Å²) in [7, 11) is 0. The van der Waals surface area contributed by atoms with Crippen LogP contribution in [0, 0.1) is 0 Å². The van der Waals surface area contributed by atoms with Crippen LogP contribution in [0.1, 0.15) is 68.1 Å². The van der Waals surface area contributed by atoms with Crippen LogP contribution in [-0.2, 0) is 13.1 Å². The van der Waals surface area contributed by atoms with Crippen molar-refractivity contribution in [3.63, 3.8) is 0 Å². The summed E-state index contributed by atoms with van der Waals surface area (Å²) >= 11 is 0. The van der Waals surface area contributed by atoms with Crippen LogP contribution in [0.25, 0.3) is 0 Å². The first-order chi connectivity index (χ1) is 23.3. The molecule has 3 aromatic carbocycles. The molecule has 2 N–H and O–H groups in total. The van der Waals surface area contributed by atoms with Crippen LogP contribution in [0.2, 0.25) is 0 Å². The number of benzene rings is 3. The fourth-order valence-electron chi connectivity index (χ4n) is 4.91. The first-order valence-corrected chi connectivity index (χ1v) is 15.8. The highest BCUT2D eigenvalue weighted by atomic mass is 16.2. The highest BCUT2D eigenvalue weighted by Crippen LogP contribution is 2.15. The monoisotopic (exact) mass is 640 g/mol. The molecule has 0 unspecified atom stereocenters.